The van der Waals surface area contributed by atoms with Gasteiger partial charge in [0.25, 0.3) is 0 Å². The van der Waals surface area contributed by atoms with Gasteiger partial charge in [0.05, 0.1) is 19.3 Å². The van der Waals surface area contributed by atoms with E-state index >= 15 is 0 Å². The first-order valence-electron chi connectivity index (χ1n) is 12.0. The lowest BCUT2D eigenvalue weighted by Gasteiger charge is -2.30. The Morgan fingerprint density at radius 1 is 1.12 bits per heavy atom. The highest BCUT2D eigenvalue weighted by atomic mass is 35.5. The van der Waals surface area contributed by atoms with E-state index in [1.165, 1.54) is 0 Å². The number of benzene rings is 1. The van der Waals surface area contributed by atoms with Gasteiger partial charge in [0.2, 0.25) is 11.8 Å². The van der Waals surface area contributed by atoms with Crippen LogP contribution in [0.2, 0.25) is 5.02 Å². The minimum atomic E-state index is -0.260. The number of rotatable bonds is 8. The summed E-state index contributed by atoms with van der Waals surface area (Å²) in [5.74, 6) is 0.340. The first-order chi connectivity index (χ1) is 16.6. The van der Waals surface area contributed by atoms with Gasteiger partial charge in [-0.3, -0.25) is 14.6 Å². The number of aromatic nitrogens is 1. The highest BCUT2D eigenvalue weighted by molar-refractivity contribution is 6.31. The summed E-state index contributed by atoms with van der Waals surface area (Å²) in [6.07, 6.45) is 5.95. The molecule has 4 rings (SSSR count). The number of hydrogen-bond acceptors (Lipinski definition) is 5. The summed E-state index contributed by atoms with van der Waals surface area (Å²) in [7, 11) is 0. The van der Waals surface area contributed by atoms with Gasteiger partial charge in [-0.25, -0.2) is 0 Å². The minimum absolute atomic E-state index is 0.0207. The summed E-state index contributed by atoms with van der Waals surface area (Å²) in [5, 5.41) is 0.656. The average molecular weight is 486 g/mol. The number of halogens is 1. The fourth-order valence-corrected chi connectivity index (χ4v) is 4.72. The number of carbonyl (C=O) groups excluding carboxylic acids is 2. The van der Waals surface area contributed by atoms with Crippen LogP contribution in [0.3, 0.4) is 0 Å². The van der Waals surface area contributed by atoms with E-state index in [9.17, 15) is 9.59 Å². The second kappa shape index (κ2) is 12.3. The van der Waals surface area contributed by atoms with Crippen molar-refractivity contribution in [3.05, 3.63) is 64.9 Å². The number of pyridine rings is 1. The Balaban J connectivity index is 1.42. The number of carbonyl (C=O) groups is 2. The van der Waals surface area contributed by atoms with Crippen LogP contribution >= 0.6 is 11.6 Å². The van der Waals surface area contributed by atoms with Gasteiger partial charge in [-0.2, -0.15) is 0 Å². The van der Waals surface area contributed by atoms with Crippen molar-refractivity contribution in [2.24, 2.45) is 5.92 Å². The third-order valence-electron chi connectivity index (χ3n) is 6.50. The van der Waals surface area contributed by atoms with Crippen LogP contribution < -0.4 is 0 Å². The molecule has 0 spiro atoms. The second-order valence-corrected chi connectivity index (χ2v) is 9.42. The Morgan fingerprint density at radius 3 is 2.65 bits per heavy atom. The van der Waals surface area contributed by atoms with Crippen molar-refractivity contribution < 1.29 is 19.1 Å². The van der Waals surface area contributed by atoms with Crippen molar-refractivity contribution >= 4 is 23.4 Å². The van der Waals surface area contributed by atoms with Crippen molar-refractivity contribution in [2.75, 3.05) is 39.4 Å². The van der Waals surface area contributed by atoms with Gasteiger partial charge in [0, 0.05) is 56.7 Å². The van der Waals surface area contributed by atoms with Gasteiger partial charge in [-0.1, -0.05) is 29.8 Å². The van der Waals surface area contributed by atoms with E-state index in [0.717, 1.165) is 37.2 Å². The van der Waals surface area contributed by atoms with Gasteiger partial charge < -0.3 is 19.3 Å². The molecule has 2 aliphatic rings. The van der Waals surface area contributed by atoms with Crippen molar-refractivity contribution in [1.29, 1.82) is 0 Å². The summed E-state index contributed by atoms with van der Waals surface area (Å²) in [5.41, 5.74) is 1.95. The smallest absolute Gasteiger partial charge is 0.242 e. The third-order valence-corrected chi connectivity index (χ3v) is 6.87. The van der Waals surface area contributed by atoms with Crippen molar-refractivity contribution in [3.63, 3.8) is 0 Å². The summed E-state index contributed by atoms with van der Waals surface area (Å²) >= 11 is 6.26. The Morgan fingerprint density at radius 2 is 1.88 bits per heavy atom. The predicted molar refractivity (Wildman–Crippen MR) is 129 cm³/mol. The fourth-order valence-electron chi connectivity index (χ4n) is 4.49. The molecule has 1 unspecified atom stereocenters. The molecule has 1 aromatic carbocycles. The Bertz CT molecular complexity index is 952. The fraction of sp³-hybridized carbons (Fsp3) is 0.500. The highest BCUT2D eigenvalue weighted by Crippen LogP contribution is 2.21. The lowest BCUT2D eigenvalue weighted by Crippen LogP contribution is -2.42. The first kappa shape index (κ1) is 24.6. The second-order valence-electron chi connectivity index (χ2n) is 9.01. The molecule has 0 saturated carbocycles. The Labute approximate surface area is 206 Å². The van der Waals surface area contributed by atoms with E-state index in [-0.39, 0.29) is 24.5 Å². The number of aryl methyl sites for hydroxylation is 1. The molecule has 34 heavy (non-hydrogen) atoms. The number of ether oxygens (including phenoxy) is 2. The van der Waals surface area contributed by atoms with Crippen LogP contribution in [0.4, 0.5) is 0 Å². The highest BCUT2D eigenvalue weighted by Gasteiger charge is 2.32. The van der Waals surface area contributed by atoms with E-state index in [1.807, 2.05) is 41.3 Å². The van der Waals surface area contributed by atoms with Gasteiger partial charge in [-0.05, 0) is 54.5 Å². The van der Waals surface area contributed by atoms with E-state index < -0.39 is 0 Å². The standard InChI is InChI=1S/C26H32ClN3O4/c27-24-4-2-1-3-22(24)5-6-25(31)30-17-23(34-19-21-7-11-28-12-8-21)16-29(26(32)18-30)15-20-9-13-33-14-10-20/h1-4,7-8,11-12,20,23H,5-6,9-10,13-19H2. The zero-order valence-corrected chi connectivity index (χ0v) is 20.2. The molecule has 0 radical (unpaired) electrons. The SMILES string of the molecule is O=C(CCc1ccccc1Cl)N1CC(=O)N(CC2CCOCC2)CC(OCc2ccncc2)C1. The molecule has 2 aromatic rings. The summed E-state index contributed by atoms with van der Waals surface area (Å²) < 4.78 is 11.7. The zero-order chi connectivity index (χ0) is 23.8. The number of hydrogen-bond donors (Lipinski definition) is 0. The number of nitrogens with zero attached hydrogens (tertiary/aromatic N) is 3. The maximum Gasteiger partial charge on any atom is 0.242 e. The van der Waals surface area contributed by atoms with Gasteiger partial charge in [-0.15, -0.1) is 0 Å². The maximum atomic E-state index is 13.2. The zero-order valence-electron chi connectivity index (χ0n) is 19.4. The lowest BCUT2D eigenvalue weighted by atomic mass is 9.99. The molecule has 2 aliphatic heterocycles. The van der Waals surface area contributed by atoms with Gasteiger partial charge in [0.15, 0.2) is 0 Å². The predicted octanol–water partition coefficient (Wildman–Crippen LogP) is 3.35. The van der Waals surface area contributed by atoms with Crippen molar-refractivity contribution in [3.8, 4) is 0 Å². The van der Waals surface area contributed by atoms with Crippen LogP contribution in [0.25, 0.3) is 0 Å². The van der Waals surface area contributed by atoms with Crippen LogP contribution in [0.5, 0.6) is 0 Å². The van der Waals surface area contributed by atoms with E-state index in [1.54, 1.807) is 17.3 Å². The van der Waals surface area contributed by atoms with E-state index in [2.05, 4.69) is 4.98 Å². The van der Waals surface area contributed by atoms with Crippen LogP contribution in [0.15, 0.2) is 48.8 Å². The Kier molecular flexibility index (Phi) is 8.91. The van der Waals surface area contributed by atoms with Crippen LogP contribution in [-0.4, -0.2) is 72.1 Å². The molecule has 0 N–H and O–H groups in total. The molecule has 3 heterocycles. The minimum Gasteiger partial charge on any atom is -0.381 e. The molecule has 1 aromatic heterocycles. The third kappa shape index (κ3) is 7.01. The summed E-state index contributed by atoms with van der Waals surface area (Å²) in [4.78, 5) is 33.9. The van der Waals surface area contributed by atoms with E-state index in [4.69, 9.17) is 21.1 Å². The van der Waals surface area contributed by atoms with E-state index in [0.29, 0.717) is 50.0 Å². The molecule has 182 valence electrons. The molecule has 1 atom stereocenters. The molecular weight excluding hydrogens is 454 g/mol. The molecule has 0 aliphatic carbocycles. The summed E-state index contributed by atoms with van der Waals surface area (Å²) in [6, 6.07) is 11.4. The molecule has 0 bridgehead atoms. The van der Waals surface area contributed by atoms with Crippen LogP contribution in [-0.2, 0) is 32.1 Å². The monoisotopic (exact) mass is 485 g/mol. The summed E-state index contributed by atoms with van der Waals surface area (Å²) in [6.45, 7) is 3.52. The molecule has 2 fully saturated rings. The topological polar surface area (TPSA) is 72.0 Å². The van der Waals surface area contributed by atoms with Crippen LogP contribution in [0.1, 0.15) is 30.4 Å². The first-order valence-corrected chi connectivity index (χ1v) is 12.3. The molecule has 2 amide bonds. The maximum absolute atomic E-state index is 13.2. The average Bonchev–Trinajstić information content (AvgIpc) is 3.02. The van der Waals surface area contributed by atoms with Gasteiger partial charge in [0.1, 0.15) is 0 Å². The molecule has 8 heteroatoms. The molecular formula is C26H32ClN3O4. The molecule has 2 saturated heterocycles. The van der Waals surface area contributed by atoms with Crippen molar-refractivity contribution in [1.82, 2.24) is 14.8 Å². The van der Waals surface area contributed by atoms with Gasteiger partial charge >= 0.3 is 0 Å². The number of amides is 2. The lowest BCUT2D eigenvalue weighted by molar-refractivity contribution is -0.139. The van der Waals surface area contributed by atoms with Crippen molar-refractivity contribution in [2.45, 2.75) is 38.4 Å². The Hall–Kier alpha value is -2.48. The van der Waals surface area contributed by atoms with Crippen LogP contribution in [0, 0.1) is 5.92 Å². The molecule has 7 nitrogen and oxygen atoms in total. The largest absolute Gasteiger partial charge is 0.381 e. The normalized spacial score (nSPS) is 19.8. The quantitative estimate of drug-likeness (QED) is 0.573.